The smallest absolute Gasteiger partial charge is 0.325 e. The first-order valence-electron chi connectivity index (χ1n) is 7.90. The van der Waals surface area contributed by atoms with Crippen molar-refractivity contribution in [2.24, 2.45) is 0 Å². The van der Waals surface area contributed by atoms with Gasteiger partial charge in [-0.05, 0) is 60.9 Å². The maximum atomic E-state index is 12.7. The Morgan fingerprint density at radius 1 is 1.15 bits per heavy atom. The Balaban J connectivity index is 1.85. The van der Waals surface area contributed by atoms with E-state index in [9.17, 15) is 14.2 Å². The van der Waals surface area contributed by atoms with Gasteiger partial charge in [0.1, 0.15) is 5.25 Å². The fraction of sp³-hybridized carbons (Fsp3) is 0.222. The van der Waals surface area contributed by atoms with Crippen LogP contribution in [-0.4, -0.2) is 27.2 Å². The molecule has 0 saturated carbocycles. The molecule has 1 unspecified atom stereocenters. The SMILES string of the molecule is Cc1cc2c(cc1C)C(C(=O)Nc1ccc(P(=O)(O)O)cc1)SCC2=O. The van der Waals surface area contributed by atoms with Gasteiger partial charge in [0.2, 0.25) is 5.91 Å². The van der Waals surface area contributed by atoms with Crippen molar-refractivity contribution in [2.75, 3.05) is 11.1 Å². The van der Waals surface area contributed by atoms with Crippen molar-refractivity contribution in [3.63, 3.8) is 0 Å². The van der Waals surface area contributed by atoms with Crippen LogP contribution in [0.15, 0.2) is 36.4 Å². The monoisotopic (exact) mass is 391 g/mol. The normalized spacial score (nSPS) is 16.9. The number of rotatable bonds is 3. The zero-order valence-electron chi connectivity index (χ0n) is 14.2. The van der Waals surface area contributed by atoms with Crippen molar-refractivity contribution >= 4 is 42.0 Å². The highest BCUT2D eigenvalue weighted by molar-refractivity contribution is 8.01. The van der Waals surface area contributed by atoms with Crippen molar-refractivity contribution in [3.8, 4) is 0 Å². The predicted octanol–water partition coefficient (Wildman–Crippen LogP) is 2.72. The van der Waals surface area contributed by atoms with Gasteiger partial charge in [0.25, 0.3) is 0 Å². The van der Waals surface area contributed by atoms with Crippen LogP contribution in [0.2, 0.25) is 0 Å². The van der Waals surface area contributed by atoms with Crippen molar-refractivity contribution < 1.29 is 23.9 Å². The molecule has 1 aliphatic heterocycles. The highest BCUT2D eigenvalue weighted by atomic mass is 32.2. The number of thioether (sulfide) groups is 1. The zero-order valence-corrected chi connectivity index (χ0v) is 15.9. The Labute approximate surface area is 155 Å². The third kappa shape index (κ3) is 3.76. The van der Waals surface area contributed by atoms with Gasteiger partial charge in [-0.15, -0.1) is 11.8 Å². The van der Waals surface area contributed by atoms with Crippen LogP contribution in [0.4, 0.5) is 5.69 Å². The summed E-state index contributed by atoms with van der Waals surface area (Å²) in [6.45, 7) is 3.87. The molecule has 0 aliphatic carbocycles. The molecule has 0 bridgehead atoms. The summed E-state index contributed by atoms with van der Waals surface area (Å²) >= 11 is 1.28. The van der Waals surface area contributed by atoms with E-state index in [1.165, 1.54) is 36.0 Å². The average Bonchev–Trinajstić information content (AvgIpc) is 2.56. The van der Waals surface area contributed by atoms with Crippen LogP contribution in [0.1, 0.15) is 32.3 Å². The molecule has 1 heterocycles. The minimum Gasteiger partial charge on any atom is -0.325 e. The van der Waals surface area contributed by atoms with Gasteiger partial charge in [0.05, 0.1) is 11.1 Å². The molecule has 1 aliphatic rings. The third-order valence-electron chi connectivity index (χ3n) is 4.34. The van der Waals surface area contributed by atoms with Gasteiger partial charge < -0.3 is 15.1 Å². The molecule has 0 fully saturated rings. The largest absolute Gasteiger partial charge is 0.356 e. The first kappa shape index (κ1) is 18.9. The molecular formula is C18H18NO5PS. The van der Waals surface area contributed by atoms with E-state index in [1.54, 1.807) is 0 Å². The van der Waals surface area contributed by atoms with Crippen LogP contribution in [0.3, 0.4) is 0 Å². The number of hydrogen-bond acceptors (Lipinski definition) is 4. The summed E-state index contributed by atoms with van der Waals surface area (Å²) in [4.78, 5) is 43.2. The minimum absolute atomic E-state index is 0.0168. The summed E-state index contributed by atoms with van der Waals surface area (Å²) in [5, 5.41) is 2.14. The molecule has 136 valence electrons. The molecule has 3 N–H and O–H groups in total. The van der Waals surface area contributed by atoms with E-state index in [0.717, 1.165) is 11.1 Å². The molecule has 2 aromatic rings. The summed E-state index contributed by atoms with van der Waals surface area (Å²) in [7, 11) is -4.31. The van der Waals surface area contributed by atoms with Gasteiger partial charge >= 0.3 is 7.60 Å². The summed E-state index contributed by atoms with van der Waals surface area (Å²) in [6.07, 6.45) is 0. The number of carbonyl (C=O) groups excluding carboxylic acids is 2. The number of fused-ring (bicyclic) bond motifs is 1. The van der Waals surface area contributed by atoms with Crippen LogP contribution in [0.25, 0.3) is 0 Å². The van der Waals surface area contributed by atoms with Gasteiger partial charge in [0, 0.05) is 11.3 Å². The van der Waals surface area contributed by atoms with E-state index >= 15 is 0 Å². The van der Waals surface area contributed by atoms with Crippen molar-refractivity contribution in [3.05, 3.63) is 58.7 Å². The Kier molecular flexibility index (Phi) is 5.08. The van der Waals surface area contributed by atoms with Crippen LogP contribution < -0.4 is 10.6 Å². The molecule has 8 heteroatoms. The summed E-state index contributed by atoms with van der Waals surface area (Å²) in [5.74, 6) is -0.0100. The highest BCUT2D eigenvalue weighted by Gasteiger charge is 2.31. The molecule has 3 rings (SSSR count). The van der Waals surface area contributed by atoms with Crippen LogP contribution >= 0.6 is 19.4 Å². The first-order valence-corrected chi connectivity index (χ1v) is 10.6. The van der Waals surface area contributed by atoms with Crippen LogP contribution in [-0.2, 0) is 9.36 Å². The van der Waals surface area contributed by atoms with E-state index in [4.69, 9.17) is 9.79 Å². The molecule has 0 aromatic heterocycles. The van der Waals surface area contributed by atoms with Gasteiger partial charge in [-0.3, -0.25) is 14.2 Å². The lowest BCUT2D eigenvalue weighted by atomic mass is 9.94. The van der Waals surface area contributed by atoms with E-state index in [2.05, 4.69) is 5.32 Å². The molecule has 6 nitrogen and oxygen atoms in total. The maximum Gasteiger partial charge on any atom is 0.356 e. The maximum absolute atomic E-state index is 12.7. The van der Waals surface area contributed by atoms with Crippen molar-refractivity contribution in [1.29, 1.82) is 0 Å². The fourth-order valence-corrected chi connectivity index (χ4v) is 4.38. The number of hydrogen-bond donors (Lipinski definition) is 3. The number of aryl methyl sites for hydroxylation is 2. The number of ketones is 1. The Hall–Kier alpha value is -1.92. The van der Waals surface area contributed by atoms with Crippen LogP contribution in [0, 0.1) is 13.8 Å². The lowest BCUT2D eigenvalue weighted by molar-refractivity contribution is -0.115. The number of amides is 1. The Bertz CT molecular complexity index is 935. The number of anilines is 1. The van der Waals surface area contributed by atoms with E-state index in [1.807, 2.05) is 26.0 Å². The third-order valence-corrected chi connectivity index (χ3v) is 6.54. The minimum atomic E-state index is -4.31. The number of carbonyl (C=O) groups is 2. The second-order valence-electron chi connectivity index (χ2n) is 6.22. The molecule has 0 saturated heterocycles. The molecule has 0 spiro atoms. The highest BCUT2D eigenvalue weighted by Crippen LogP contribution is 2.39. The Morgan fingerprint density at radius 3 is 2.38 bits per heavy atom. The molecule has 1 amide bonds. The van der Waals surface area contributed by atoms with E-state index < -0.39 is 12.8 Å². The molecule has 2 aromatic carbocycles. The van der Waals surface area contributed by atoms with Gasteiger partial charge in [-0.1, -0.05) is 6.07 Å². The van der Waals surface area contributed by atoms with Crippen molar-refractivity contribution in [2.45, 2.75) is 19.1 Å². The van der Waals surface area contributed by atoms with Gasteiger partial charge in [0.15, 0.2) is 5.78 Å². The van der Waals surface area contributed by atoms with Gasteiger partial charge in [-0.2, -0.15) is 0 Å². The molecular weight excluding hydrogens is 373 g/mol. The Morgan fingerprint density at radius 2 is 1.77 bits per heavy atom. The summed E-state index contributed by atoms with van der Waals surface area (Å²) < 4.78 is 11.2. The second-order valence-corrected chi connectivity index (χ2v) is 8.92. The number of benzene rings is 2. The first-order chi connectivity index (χ1) is 12.2. The standard InChI is InChI=1S/C18H18NO5PS/c1-10-7-14-15(8-11(10)2)17(26-9-16(14)20)18(21)19-12-3-5-13(6-4-12)25(22,23)24/h3-8,17H,9H2,1-2H3,(H,19,21)(H2,22,23,24). The van der Waals surface area contributed by atoms with Crippen molar-refractivity contribution in [1.82, 2.24) is 0 Å². The average molecular weight is 391 g/mol. The summed E-state index contributed by atoms with van der Waals surface area (Å²) in [5.41, 5.74) is 3.76. The molecule has 0 radical (unpaired) electrons. The van der Waals surface area contributed by atoms with Crippen LogP contribution in [0.5, 0.6) is 0 Å². The van der Waals surface area contributed by atoms with E-state index in [0.29, 0.717) is 16.8 Å². The zero-order chi connectivity index (χ0) is 19.1. The van der Waals surface area contributed by atoms with E-state index in [-0.39, 0.29) is 22.7 Å². The predicted molar refractivity (Wildman–Crippen MR) is 102 cm³/mol. The lowest BCUT2D eigenvalue weighted by Crippen LogP contribution is -2.26. The van der Waals surface area contributed by atoms with Gasteiger partial charge in [-0.25, -0.2) is 0 Å². The fourth-order valence-electron chi connectivity index (χ4n) is 2.79. The second kappa shape index (κ2) is 7.00. The lowest BCUT2D eigenvalue weighted by Gasteiger charge is -2.24. The number of Topliss-reactive ketones (excluding diaryl/α,β-unsaturated/α-hetero) is 1. The quantitative estimate of drug-likeness (QED) is 0.695. The molecule has 1 atom stereocenters. The summed E-state index contributed by atoms with van der Waals surface area (Å²) in [6, 6.07) is 9.20. The molecule has 26 heavy (non-hydrogen) atoms. The number of nitrogens with one attached hydrogen (secondary N) is 1. The topological polar surface area (TPSA) is 104 Å².